The van der Waals surface area contributed by atoms with Crippen LogP contribution in [0.4, 0.5) is 5.69 Å². The molecule has 1 N–H and O–H groups in total. The molecule has 1 aliphatic carbocycles. The number of anilines is 1. The van der Waals surface area contributed by atoms with Gasteiger partial charge in [0.1, 0.15) is 0 Å². The van der Waals surface area contributed by atoms with Crippen molar-refractivity contribution in [2.75, 3.05) is 18.0 Å². The van der Waals surface area contributed by atoms with Gasteiger partial charge in [-0.2, -0.15) is 0 Å². The SMILES string of the molecule is CCCNCc1ccc(N(CC2CC2)C(C)C)cc1. The maximum Gasteiger partial charge on any atom is 0.0368 e. The fourth-order valence-corrected chi connectivity index (χ4v) is 2.41. The van der Waals surface area contributed by atoms with Crippen LogP contribution in [0.1, 0.15) is 45.6 Å². The number of benzene rings is 1. The van der Waals surface area contributed by atoms with Gasteiger partial charge in [0.2, 0.25) is 0 Å². The van der Waals surface area contributed by atoms with Crippen molar-refractivity contribution in [2.45, 2.75) is 52.6 Å². The van der Waals surface area contributed by atoms with E-state index in [1.807, 2.05) is 0 Å². The Morgan fingerprint density at radius 1 is 1.21 bits per heavy atom. The van der Waals surface area contributed by atoms with Gasteiger partial charge in [0.15, 0.2) is 0 Å². The van der Waals surface area contributed by atoms with E-state index in [9.17, 15) is 0 Å². The highest BCUT2D eigenvalue weighted by Crippen LogP contribution is 2.32. The van der Waals surface area contributed by atoms with Gasteiger partial charge in [-0.05, 0) is 63.3 Å². The molecule has 106 valence electrons. The third kappa shape index (κ3) is 4.54. The molecule has 0 atom stereocenters. The second kappa shape index (κ2) is 6.95. The van der Waals surface area contributed by atoms with Gasteiger partial charge in [-0.15, -0.1) is 0 Å². The quantitative estimate of drug-likeness (QED) is 0.715. The Hall–Kier alpha value is -1.02. The molecule has 2 rings (SSSR count). The summed E-state index contributed by atoms with van der Waals surface area (Å²) in [5, 5.41) is 3.45. The Morgan fingerprint density at radius 3 is 2.42 bits per heavy atom. The van der Waals surface area contributed by atoms with Gasteiger partial charge in [0.25, 0.3) is 0 Å². The minimum Gasteiger partial charge on any atom is -0.369 e. The van der Waals surface area contributed by atoms with E-state index in [0.717, 1.165) is 19.0 Å². The summed E-state index contributed by atoms with van der Waals surface area (Å²) in [5.74, 6) is 0.938. The van der Waals surface area contributed by atoms with Crippen molar-refractivity contribution in [2.24, 2.45) is 5.92 Å². The minimum atomic E-state index is 0.588. The molecule has 1 fully saturated rings. The molecule has 1 saturated carbocycles. The molecule has 1 aliphatic rings. The zero-order valence-corrected chi connectivity index (χ0v) is 12.7. The molecule has 0 radical (unpaired) electrons. The highest BCUT2D eigenvalue weighted by molar-refractivity contribution is 5.48. The lowest BCUT2D eigenvalue weighted by atomic mass is 10.1. The standard InChI is InChI=1S/C17H28N2/c1-4-11-18-12-15-7-9-17(10-8-15)19(14(2)3)13-16-5-6-16/h7-10,14,16,18H,4-6,11-13H2,1-3H3. The van der Waals surface area contributed by atoms with Crippen LogP contribution in [0.5, 0.6) is 0 Å². The lowest BCUT2D eigenvalue weighted by molar-refractivity contribution is 0.644. The van der Waals surface area contributed by atoms with Crippen LogP contribution < -0.4 is 10.2 Å². The van der Waals surface area contributed by atoms with Crippen LogP contribution in [0, 0.1) is 5.92 Å². The third-order valence-electron chi connectivity index (χ3n) is 3.80. The molecule has 2 heteroatoms. The molecular formula is C17H28N2. The zero-order valence-electron chi connectivity index (χ0n) is 12.7. The molecule has 0 amide bonds. The first-order chi connectivity index (χ1) is 9.20. The molecule has 0 aliphatic heterocycles. The van der Waals surface area contributed by atoms with E-state index in [2.05, 4.69) is 55.3 Å². The molecule has 0 aromatic heterocycles. The van der Waals surface area contributed by atoms with E-state index in [-0.39, 0.29) is 0 Å². The van der Waals surface area contributed by atoms with Crippen LogP contribution in [-0.4, -0.2) is 19.1 Å². The van der Waals surface area contributed by atoms with Gasteiger partial charge >= 0.3 is 0 Å². The predicted octanol–water partition coefficient (Wildman–Crippen LogP) is 3.81. The van der Waals surface area contributed by atoms with Crippen molar-refractivity contribution in [3.8, 4) is 0 Å². The van der Waals surface area contributed by atoms with Crippen LogP contribution in [0.2, 0.25) is 0 Å². The van der Waals surface area contributed by atoms with Crippen molar-refractivity contribution in [1.29, 1.82) is 0 Å². The Bertz CT molecular complexity index is 365. The number of hydrogen-bond donors (Lipinski definition) is 1. The summed E-state index contributed by atoms with van der Waals surface area (Å²) in [4.78, 5) is 2.54. The van der Waals surface area contributed by atoms with Gasteiger partial charge in [0, 0.05) is 24.8 Å². The molecule has 1 aromatic carbocycles. The fraction of sp³-hybridized carbons (Fsp3) is 0.647. The zero-order chi connectivity index (χ0) is 13.7. The molecule has 0 saturated heterocycles. The van der Waals surface area contributed by atoms with E-state index in [1.165, 1.54) is 37.1 Å². The molecule has 2 nitrogen and oxygen atoms in total. The molecule has 0 unspecified atom stereocenters. The average molecular weight is 260 g/mol. The van der Waals surface area contributed by atoms with Crippen LogP contribution in [0.15, 0.2) is 24.3 Å². The summed E-state index contributed by atoms with van der Waals surface area (Å²) in [5.41, 5.74) is 2.76. The highest BCUT2D eigenvalue weighted by Gasteiger charge is 2.25. The number of nitrogens with one attached hydrogen (secondary N) is 1. The summed E-state index contributed by atoms with van der Waals surface area (Å²) in [6.45, 7) is 10.1. The summed E-state index contributed by atoms with van der Waals surface area (Å²) in [6.07, 6.45) is 4.03. The lowest BCUT2D eigenvalue weighted by Gasteiger charge is -2.29. The Kier molecular flexibility index (Phi) is 5.26. The largest absolute Gasteiger partial charge is 0.369 e. The highest BCUT2D eigenvalue weighted by atomic mass is 15.2. The van der Waals surface area contributed by atoms with E-state index in [4.69, 9.17) is 0 Å². The molecule has 0 spiro atoms. The van der Waals surface area contributed by atoms with E-state index >= 15 is 0 Å². The number of hydrogen-bond acceptors (Lipinski definition) is 2. The predicted molar refractivity (Wildman–Crippen MR) is 83.6 cm³/mol. The average Bonchev–Trinajstić information content (AvgIpc) is 3.21. The van der Waals surface area contributed by atoms with E-state index < -0.39 is 0 Å². The maximum atomic E-state index is 3.45. The molecule has 0 bridgehead atoms. The molecule has 0 heterocycles. The minimum absolute atomic E-state index is 0.588. The Balaban J connectivity index is 1.94. The van der Waals surface area contributed by atoms with Crippen LogP contribution in [-0.2, 0) is 6.54 Å². The third-order valence-corrected chi connectivity index (χ3v) is 3.80. The normalized spacial score (nSPS) is 14.9. The monoisotopic (exact) mass is 260 g/mol. The van der Waals surface area contributed by atoms with Gasteiger partial charge < -0.3 is 10.2 Å². The number of nitrogens with zero attached hydrogens (tertiary/aromatic N) is 1. The lowest BCUT2D eigenvalue weighted by Crippen LogP contribution is -2.32. The van der Waals surface area contributed by atoms with Crippen LogP contribution >= 0.6 is 0 Å². The Labute approximate surface area is 118 Å². The molecular weight excluding hydrogens is 232 g/mol. The van der Waals surface area contributed by atoms with Crippen molar-refractivity contribution in [3.63, 3.8) is 0 Å². The van der Waals surface area contributed by atoms with Crippen molar-refractivity contribution < 1.29 is 0 Å². The van der Waals surface area contributed by atoms with Gasteiger partial charge in [-0.1, -0.05) is 19.1 Å². The summed E-state index contributed by atoms with van der Waals surface area (Å²) in [7, 11) is 0. The van der Waals surface area contributed by atoms with Crippen molar-refractivity contribution in [1.82, 2.24) is 5.32 Å². The first-order valence-corrected chi connectivity index (χ1v) is 7.77. The van der Waals surface area contributed by atoms with E-state index in [1.54, 1.807) is 0 Å². The van der Waals surface area contributed by atoms with Crippen molar-refractivity contribution >= 4 is 5.69 Å². The molecule has 19 heavy (non-hydrogen) atoms. The maximum absolute atomic E-state index is 3.45. The van der Waals surface area contributed by atoms with Gasteiger partial charge in [-0.3, -0.25) is 0 Å². The summed E-state index contributed by atoms with van der Waals surface area (Å²) in [6, 6.07) is 9.68. The smallest absolute Gasteiger partial charge is 0.0368 e. The first-order valence-electron chi connectivity index (χ1n) is 7.77. The van der Waals surface area contributed by atoms with Gasteiger partial charge in [0.05, 0.1) is 0 Å². The summed E-state index contributed by atoms with van der Waals surface area (Å²) >= 11 is 0. The topological polar surface area (TPSA) is 15.3 Å². The summed E-state index contributed by atoms with van der Waals surface area (Å²) < 4.78 is 0. The van der Waals surface area contributed by atoms with Crippen LogP contribution in [0.3, 0.4) is 0 Å². The number of rotatable bonds is 8. The van der Waals surface area contributed by atoms with E-state index in [0.29, 0.717) is 6.04 Å². The second-order valence-electron chi connectivity index (χ2n) is 6.03. The van der Waals surface area contributed by atoms with Crippen LogP contribution in [0.25, 0.3) is 0 Å². The first kappa shape index (κ1) is 14.4. The van der Waals surface area contributed by atoms with Gasteiger partial charge in [-0.25, -0.2) is 0 Å². The fourth-order valence-electron chi connectivity index (χ4n) is 2.41. The molecule has 1 aromatic rings. The Morgan fingerprint density at radius 2 is 1.89 bits per heavy atom. The van der Waals surface area contributed by atoms with Crippen molar-refractivity contribution in [3.05, 3.63) is 29.8 Å². The second-order valence-corrected chi connectivity index (χ2v) is 6.03.